The average Bonchev–Trinajstić information content (AvgIpc) is 1.96. The molecule has 2 saturated carbocycles. The minimum atomic E-state index is -1.22. The summed E-state index contributed by atoms with van der Waals surface area (Å²) in [5.41, 5.74) is 0.273. The normalized spacial score (nSPS) is 13.0. The van der Waals surface area contributed by atoms with E-state index in [-0.39, 0.29) is 45.9 Å². The minimum Gasteiger partial charge on any atom is -0.550 e. The van der Waals surface area contributed by atoms with Crippen LogP contribution in [-0.2, 0) is 28.8 Å². The third-order valence-electron chi connectivity index (χ3n) is 14.3. The Hall–Kier alpha value is -9.03. The molecular formula is C64H56Cl2F2MgN6O14. The molecule has 0 aliphatic heterocycles. The van der Waals surface area contributed by atoms with Crippen molar-refractivity contribution in [2.45, 2.75) is 64.2 Å². The molecule has 2 fully saturated rings. The van der Waals surface area contributed by atoms with Crippen LogP contribution in [0.5, 0.6) is 46.0 Å². The van der Waals surface area contributed by atoms with Crippen molar-refractivity contribution in [3.8, 4) is 46.0 Å². The van der Waals surface area contributed by atoms with Crippen LogP contribution in [0.15, 0.2) is 134 Å². The number of carboxylic acids is 2. The molecule has 10 rings (SSSR count). The van der Waals surface area contributed by atoms with E-state index in [0.29, 0.717) is 155 Å². The van der Waals surface area contributed by atoms with Crippen molar-refractivity contribution < 1.29 is 76.2 Å². The first-order valence-corrected chi connectivity index (χ1v) is 28.4. The number of ether oxygens (including phenoxy) is 6. The topological polar surface area (TPSA) is 278 Å². The van der Waals surface area contributed by atoms with Gasteiger partial charge in [-0.1, -0.05) is 23.2 Å². The Kier molecular flexibility index (Phi) is 22.1. The molecule has 0 bridgehead atoms. The largest absolute Gasteiger partial charge is 2.00 e. The van der Waals surface area contributed by atoms with Crippen molar-refractivity contribution in [3.63, 3.8) is 0 Å². The second kappa shape index (κ2) is 29.8. The number of carbonyl (C=O) groups is 6. The third-order valence-corrected chi connectivity index (χ3v) is 14.9. The molecule has 0 spiro atoms. The molecule has 0 unspecified atom stereocenters. The van der Waals surface area contributed by atoms with Crippen molar-refractivity contribution in [3.05, 3.63) is 155 Å². The van der Waals surface area contributed by atoms with Gasteiger partial charge < -0.3 is 69.5 Å². The number of carboxylic acid groups (broad SMARTS) is 2. The number of aromatic nitrogens is 2. The van der Waals surface area contributed by atoms with Crippen LogP contribution in [0.2, 0.25) is 10.0 Å². The van der Waals surface area contributed by atoms with E-state index in [1.165, 1.54) is 74.9 Å². The second-order valence-corrected chi connectivity index (χ2v) is 21.3. The summed E-state index contributed by atoms with van der Waals surface area (Å²) in [6.45, 7) is 0.591. The molecule has 0 radical (unpaired) electrons. The number of fused-ring (bicyclic) bond motifs is 2. The van der Waals surface area contributed by atoms with Crippen LogP contribution < -0.4 is 59.9 Å². The zero-order valence-corrected chi connectivity index (χ0v) is 50.9. The number of unbranched alkanes of at least 4 members (excludes halogenated alkanes) is 2. The van der Waals surface area contributed by atoms with E-state index in [2.05, 4.69) is 31.2 Å². The van der Waals surface area contributed by atoms with Gasteiger partial charge in [-0.25, -0.2) is 8.78 Å². The molecular weight excluding hydrogens is 1210 g/mol. The fraction of sp³-hybridized carbons (Fsp3) is 0.250. The van der Waals surface area contributed by atoms with Crippen LogP contribution in [0, 0.1) is 22.5 Å². The summed E-state index contributed by atoms with van der Waals surface area (Å²) in [6.07, 6.45) is 6.55. The second-order valence-electron chi connectivity index (χ2n) is 20.5. The van der Waals surface area contributed by atoms with Crippen LogP contribution in [0.1, 0.15) is 64.2 Å². The van der Waals surface area contributed by atoms with Gasteiger partial charge in [0.1, 0.15) is 45.5 Å². The summed E-state index contributed by atoms with van der Waals surface area (Å²) < 4.78 is 61.2. The molecule has 20 nitrogen and oxygen atoms in total. The van der Waals surface area contributed by atoms with E-state index in [0.717, 1.165) is 0 Å². The van der Waals surface area contributed by atoms with Crippen LogP contribution in [0.25, 0.3) is 21.8 Å². The van der Waals surface area contributed by atoms with E-state index in [4.69, 9.17) is 51.6 Å². The van der Waals surface area contributed by atoms with Crippen molar-refractivity contribution >= 4 is 126 Å². The van der Waals surface area contributed by atoms with Crippen LogP contribution in [0.3, 0.4) is 0 Å². The number of carbonyl (C=O) groups excluding carboxylic acids is 6. The standard InChI is InChI=1S/2C32H29ClFN3O7.Mg/c2*1-42-27-17-22-24(18-28(27)43-15-3-2-4-29(38)39)35-14-11-25(22)44-26-10-9-21(16-23(26)33)37-31(41)32(12-13-32)30(40)36-20-7-5-19(34)6-8-20;/h2*5-11,14,16-18H,2-4,12-13,15H2,1H3,(H,36,40)(H,37,41)(H,38,39);/q;;+2/p-2. The first-order valence-electron chi connectivity index (χ1n) is 27.7. The Morgan fingerprint density at radius 2 is 0.809 bits per heavy atom. The maximum absolute atomic E-state index is 13.2. The molecule has 4 amide bonds. The van der Waals surface area contributed by atoms with Crippen LogP contribution in [-0.4, -0.2) is 96.0 Å². The third kappa shape index (κ3) is 16.8. The molecule has 2 aliphatic carbocycles. The summed E-state index contributed by atoms with van der Waals surface area (Å²) in [6, 6.07) is 30.3. The number of pyridine rings is 2. The van der Waals surface area contributed by atoms with E-state index >= 15 is 0 Å². The van der Waals surface area contributed by atoms with Gasteiger partial charge in [-0.2, -0.15) is 0 Å². The van der Waals surface area contributed by atoms with Gasteiger partial charge in [-0.3, -0.25) is 29.1 Å². The summed E-state index contributed by atoms with van der Waals surface area (Å²) >= 11 is 13.1. The smallest absolute Gasteiger partial charge is 0.550 e. The maximum Gasteiger partial charge on any atom is 2.00 e. The number of methoxy groups -OCH3 is 2. The van der Waals surface area contributed by atoms with E-state index in [1.54, 1.807) is 73.1 Å². The maximum atomic E-state index is 13.2. The number of hydrogen-bond donors (Lipinski definition) is 4. The summed E-state index contributed by atoms with van der Waals surface area (Å²) in [4.78, 5) is 81.9. The van der Waals surface area contributed by atoms with Gasteiger partial charge in [0, 0.05) is 70.0 Å². The Morgan fingerprint density at radius 1 is 0.461 bits per heavy atom. The summed E-state index contributed by atoms with van der Waals surface area (Å²) in [5, 5.41) is 33.8. The number of rotatable bonds is 26. The Balaban J connectivity index is 0.000000228. The number of aliphatic carboxylic acids is 2. The molecule has 2 heterocycles. The average molecular weight is 1270 g/mol. The zero-order chi connectivity index (χ0) is 62.5. The van der Waals surface area contributed by atoms with Crippen molar-refractivity contribution in [2.75, 3.05) is 48.7 Å². The summed E-state index contributed by atoms with van der Waals surface area (Å²) in [7, 11) is 3.01. The van der Waals surface area contributed by atoms with Gasteiger partial charge in [0.2, 0.25) is 23.6 Å². The van der Waals surface area contributed by atoms with Crippen molar-refractivity contribution in [1.29, 1.82) is 0 Å². The molecule has 456 valence electrons. The van der Waals surface area contributed by atoms with Crippen molar-refractivity contribution in [1.82, 2.24) is 9.97 Å². The van der Waals surface area contributed by atoms with Gasteiger partial charge in [0.25, 0.3) is 0 Å². The summed E-state index contributed by atoms with van der Waals surface area (Å²) in [5.74, 6) is -1.58. The van der Waals surface area contributed by atoms with Gasteiger partial charge >= 0.3 is 23.1 Å². The molecule has 6 aromatic carbocycles. The monoisotopic (exact) mass is 1260 g/mol. The van der Waals surface area contributed by atoms with E-state index in [1.807, 2.05) is 0 Å². The minimum absolute atomic E-state index is 0. The predicted octanol–water partition coefficient (Wildman–Crippen LogP) is 10.6. The molecule has 2 aliphatic rings. The number of halogens is 4. The first kappa shape index (κ1) is 65.9. The number of nitrogens with one attached hydrogen (secondary N) is 4. The molecule has 8 aromatic rings. The SMILES string of the molecule is COc1cc2c(Oc3ccc(NC(=O)C4(C(=O)Nc5ccc(F)cc5)CC4)cc3Cl)ccnc2cc1OCCCCC(=O)[O-].COc1cc2c(Oc3ccc(NC(=O)C4(C(=O)Nc5ccc(F)cc5)CC4)cc3Cl)ccnc2cc1OCCCCC(=O)[O-].[Mg+2]. The fourth-order valence-electron chi connectivity index (χ4n) is 9.08. The predicted molar refractivity (Wildman–Crippen MR) is 325 cm³/mol. The van der Waals surface area contributed by atoms with Crippen LogP contribution >= 0.6 is 23.2 Å². The Bertz CT molecular complexity index is 3680. The molecule has 89 heavy (non-hydrogen) atoms. The van der Waals surface area contributed by atoms with Gasteiger partial charge in [0.05, 0.1) is 48.5 Å². The van der Waals surface area contributed by atoms with Gasteiger partial charge in [-0.05, 0) is 173 Å². The van der Waals surface area contributed by atoms with Gasteiger partial charge in [0.15, 0.2) is 23.0 Å². The number of amides is 4. The molecule has 4 N–H and O–H groups in total. The number of nitrogens with zero attached hydrogens (tertiary/aromatic N) is 2. The fourth-order valence-corrected chi connectivity index (χ4v) is 9.52. The number of hydrogen-bond acceptors (Lipinski definition) is 16. The molecule has 2 aromatic heterocycles. The van der Waals surface area contributed by atoms with Crippen LogP contribution in [0.4, 0.5) is 31.5 Å². The quantitative estimate of drug-likeness (QED) is 0.0223. The number of benzene rings is 6. The molecule has 0 saturated heterocycles. The molecule has 25 heteroatoms. The van der Waals surface area contributed by atoms with Gasteiger partial charge in [-0.15, -0.1) is 0 Å². The Morgan fingerprint density at radius 3 is 1.13 bits per heavy atom. The van der Waals surface area contributed by atoms with E-state index in [9.17, 15) is 47.8 Å². The number of anilines is 4. The Labute approximate surface area is 534 Å². The van der Waals surface area contributed by atoms with E-state index < -0.39 is 58.0 Å². The van der Waals surface area contributed by atoms with Crippen molar-refractivity contribution in [2.24, 2.45) is 10.8 Å². The first-order chi connectivity index (χ1) is 42.4. The molecule has 0 atom stereocenters. The zero-order valence-electron chi connectivity index (χ0n) is 48.0.